The van der Waals surface area contributed by atoms with Gasteiger partial charge < -0.3 is 19.3 Å². The van der Waals surface area contributed by atoms with Crippen LogP contribution in [0.25, 0.3) is 0 Å². The molecule has 2 aliphatic rings. The van der Waals surface area contributed by atoms with Gasteiger partial charge in [0.2, 0.25) is 5.89 Å². The molecule has 6 nitrogen and oxygen atoms in total. The van der Waals surface area contributed by atoms with Crippen LogP contribution in [0.5, 0.6) is 0 Å². The third kappa shape index (κ3) is 3.60. The largest absolute Gasteiger partial charge is 0.408 e. The van der Waals surface area contributed by atoms with E-state index in [-0.39, 0.29) is 11.4 Å². The Labute approximate surface area is 132 Å². The highest BCUT2D eigenvalue weighted by Gasteiger charge is 2.45. The monoisotopic (exact) mass is 334 g/mol. The quantitative estimate of drug-likeness (QED) is 0.883. The van der Waals surface area contributed by atoms with Gasteiger partial charge in [-0.3, -0.25) is 0 Å². The Hall–Kier alpha value is -1.35. The van der Waals surface area contributed by atoms with E-state index in [0.29, 0.717) is 19.5 Å². The molecule has 0 aliphatic carbocycles. The molecule has 2 fully saturated rings. The van der Waals surface area contributed by atoms with Gasteiger partial charge >= 0.3 is 12.2 Å². The molecule has 2 atom stereocenters. The van der Waals surface area contributed by atoms with E-state index in [4.69, 9.17) is 4.42 Å². The number of anilines is 1. The minimum absolute atomic E-state index is 0.115. The Morgan fingerprint density at radius 1 is 1.30 bits per heavy atom. The van der Waals surface area contributed by atoms with Gasteiger partial charge in [-0.25, -0.2) is 0 Å². The Bertz CT molecular complexity index is 550. The highest BCUT2D eigenvalue weighted by atomic mass is 19.4. The lowest BCUT2D eigenvalue weighted by molar-refractivity contribution is -0.130. The van der Waals surface area contributed by atoms with Crippen molar-refractivity contribution in [1.82, 2.24) is 15.1 Å². The summed E-state index contributed by atoms with van der Waals surface area (Å²) in [5.41, 5.74) is -0.288. The number of alkyl halides is 3. The van der Waals surface area contributed by atoms with E-state index in [0.717, 1.165) is 25.9 Å². The summed E-state index contributed by atoms with van der Waals surface area (Å²) in [5.74, 6) is -0.423. The van der Waals surface area contributed by atoms with Crippen LogP contribution in [0.3, 0.4) is 0 Å². The Balaban J connectivity index is 1.73. The van der Waals surface area contributed by atoms with Gasteiger partial charge in [0, 0.05) is 31.6 Å². The predicted molar refractivity (Wildman–Crippen MR) is 76.1 cm³/mol. The third-order valence-corrected chi connectivity index (χ3v) is 4.76. The number of hydrogen-bond donors (Lipinski definition) is 1. The molecular formula is C14H21F3N4O2. The predicted octanol–water partition coefficient (Wildman–Crippen LogP) is 1.46. The van der Waals surface area contributed by atoms with E-state index in [9.17, 15) is 18.3 Å². The summed E-state index contributed by atoms with van der Waals surface area (Å²) in [4.78, 5) is 3.98. The average Bonchev–Trinajstić information content (AvgIpc) is 2.90. The smallest absolute Gasteiger partial charge is 0.397 e. The van der Waals surface area contributed by atoms with Gasteiger partial charge in [-0.1, -0.05) is 5.10 Å². The van der Waals surface area contributed by atoms with E-state index >= 15 is 0 Å². The third-order valence-electron chi connectivity index (χ3n) is 4.76. The fourth-order valence-corrected chi connectivity index (χ4v) is 3.71. The van der Waals surface area contributed by atoms with Gasteiger partial charge in [-0.2, -0.15) is 13.2 Å². The standard InChI is InChI=1S/C14H21F3N4O2/c1-20-6-3-10(22)13(8-20)4-2-5-21(9-13)12-19-18-11(23-12)7-14(15,16)17/h10,22H,2-9H2,1H3/t10-,13-/m0/s1. The number of aromatic nitrogens is 2. The van der Waals surface area contributed by atoms with Crippen molar-refractivity contribution in [2.75, 3.05) is 38.1 Å². The second-order valence-electron chi connectivity index (χ2n) is 6.70. The number of nitrogens with zero attached hydrogens (tertiary/aromatic N) is 4. The van der Waals surface area contributed by atoms with Gasteiger partial charge in [0.25, 0.3) is 0 Å². The molecule has 1 N–H and O–H groups in total. The van der Waals surface area contributed by atoms with Gasteiger partial charge in [-0.15, -0.1) is 5.10 Å². The van der Waals surface area contributed by atoms with Crippen molar-refractivity contribution in [2.24, 2.45) is 5.41 Å². The number of hydrogen-bond acceptors (Lipinski definition) is 6. The molecule has 3 rings (SSSR count). The number of aliphatic hydroxyl groups excluding tert-OH is 1. The first kappa shape index (κ1) is 16.5. The topological polar surface area (TPSA) is 65.6 Å². The van der Waals surface area contributed by atoms with Crippen molar-refractivity contribution < 1.29 is 22.7 Å². The molecular weight excluding hydrogens is 313 g/mol. The van der Waals surface area contributed by atoms with Crippen LogP contribution in [0, 0.1) is 5.41 Å². The highest BCUT2D eigenvalue weighted by Crippen LogP contribution is 2.39. The average molecular weight is 334 g/mol. The zero-order chi connectivity index (χ0) is 16.7. The lowest BCUT2D eigenvalue weighted by Crippen LogP contribution is -2.58. The molecule has 1 aromatic heterocycles. The van der Waals surface area contributed by atoms with Gasteiger partial charge in [0.1, 0.15) is 6.42 Å². The zero-order valence-electron chi connectivity index (χ0n) is 13.0. The Morgan fingerprint density at radius 2 is 2.09 bits per heavy atom. The first-order chi connectivity index (χ1) is 10.8. The fraction of sp³-hybridized carbons (Fsp3) is 0.857. The summed E-state index contributed by atoms with van der Waals surface area (Å²) >= 11 is 0. The lowest BCUT2D eigenvalue weighted by Gasteiger charge is -2.50. The first-order valence-corrected chi connectivity index (χ1v) is 7.78. The summed E-state index contributed by atoms with van der Waals surface area (Å²) in [7, 11) is 2.01. The summed E-state index contributed by atoms with van der Waals surface area (Å²) in [6, 6.07) is 0.115. The van der Waals surface area contributed by atoms with Crippen LogP contribution in [-0.2, 0) is 6.42 Å². The molecule has 130 valence electrons. The maximum atomic E-state index is 12.4. The summed E-state index contributed by atoms with van der Waals surface area (Å²) < 4.78 is 42.4. The Morgan fingerprint density at radius 3 is 2.83 bits per heavy atom. The number of halogens is 3. The molecule has 0 radical (unpaired) electrons. The van der Waals surface area contributed by atoms with E-state index in [1.165, 1.54) is 0 Å². The molecule has 1 aromatic rings. The van der Waals surface area contributed by atoms with Crippen LogP contribution in [0.4, 0.5) is 19.2 Å². The Kier molecular flexibility index (Phi) is 4.26. The summed E-state index contributed by atoms with van der Waals surface area (Å²) in [5, 5.41) is 17.7. The van der Waals surface area contributed by atoms with Crippen molar-refractivity contribution in [3.05, 3.63) is 5.89 Å². The number of rotatable bonds is 2. The molecule has 2 aliphatic heterocycles. The van der Waals surface area contributed by atoms with Crippen LogP contribution in [0.1, 0.15) is 25.2 Å². The highest BCUT2D eigenvalue weighted by molar-refractivity contribution is 5.27. The molecule has 3 heterocycles. The van der Waals surface area contributed by atoms with Crippen molar-refractivity contribution in [3.8, 4) is 0 Å². The van der Waals surface area contributed by atoms with Crippen LogP contribution < -0.4 is 4.90 Å². The van der Waals surface area contributed by atoms with E-state index in [1.54, 1.807) is 4.90 Å². The number of likely N-dealkylation sites (tertiary alicyclic amines) is 1. The molecule has 23 heavy (non-hydrogen) atoms. The second-order valence-corrected chi connectivity index (χ2v) is 6.70. The van der Waals surface area contributed by atoms with Crippen LogP contribution in [-0.4, -0.2) is 65.7 Å². The van der Waals surface area contributed by atoms with E-state index in [2.05, 4.69) is 15.1 Å². The van der Waals surface area contributed by atoms with E-state index < -0.39 is 24.6 Å². The molecule has 2 saturated heterocycles. The molecule has 0 bridgehead atoms. The fourth-order valence-electron chi connectivity index (χ4n) is 3.71. The van der Waals surface area contributed by atoms with Gasteiger partial charge in [0.05, 0.1) is 6.10 Å². The van der Waals surface area contributed by atoms with Crippen LogP contribution in [0.2, 0.25) is 0 Å². The SMILES string of the molecule is CN1CC[C@H](O)[C@@]2(CCCN(c3nnc(CC(F)(F)F)o3)C2)C1. The van der Waals surface area contributed by atoms with E-state index in [1.807, 2.05) is 7.05 Å². The van der Waals surface area contributed by atoms with Crippen LogP contribution >= 0.6 is 0 Å². The number of aliphatic hydroxyl groups is 1. The first-order valence-electron chi connectivity index (χ1n) is 7.78. The lowest BCUT2D eigenvalue weighted by atomic mass is 9.72. The minimum atomic E-state index is -4.37. The molecule has 0 aromatic carbocycles. The maximum Gasteiger partial charge on any atom is 0.397 e. The van der Waals surface area contributed by atoms with Crippen molar-refractivity contribution in [1.29, 1.82) is 0 Å². The van der Waals surface area contributed by atoms with Gasteiger partial charge in [-0.05, 0) is 26.3 Å². The molecule has 0 saturated carbocycles. The van der Waals surface area contributed by atoms with Crippen molar-refractivity contribution in [2.45, 2.75) is 38.0 Å². The molecule has 0 amide bonds. The summed E-state index contributed by atoms with van der Waals surface area (Å²) in [6.45, 7) is 2.77. The van der Waals surface area contributed by atoms with Gasteiger partial charge in [0.15, 0.2) is 0 Å². The van der Waals surface area contributed by atoms with Crippen molar-refractivity contribution in [3.63, 3.8) is 0 Å². The van der Waals surface area contributed by atoms with Crippen LogP contribution in [0.15, 0.2) is 4.42 Å². The number of piperidine rings is 2. The normalized spacial score (nSPS) is 30.1. The molecule has 9 heteroatoms. The second kappa shape index (κ2) is 5.94. The summed E-state index contributed by atoms with van der Waals surface area (Å²) in [6.07, 6.45) is -3.58. The van der Waals surface area contributed by atoms with Crippen molar-refractivity contribution >= 4 is 6.01 Å². The zero-order valence-corrected chi connectivity index (χ0v) is 13.0. The molecule has 1 spiro atoms. The molecule has 0 unspecified atom stereocenters. The minimum Gasteiger partial charge on any atom is -0.408 e. The maximum absolute atomic E-state index is 12.4.